The molecule has 20 N–H and O–H groups in total. The molecule has 12 aromatic heterocycles. The van der Waals surface area contributed by atoms with Gasteiger partial charge in [0, 0.05) is 0 Å². The summed E-state index contributed by atoms with van der Waals surface area (Å²) in [6, 6.07) is 0. The first-order valence-electron chi connectivity index (χ1n) is 38.6. The number of H-pyrrole nitrogens is 3. The Labute approximate surface area is 774 Å². The van der Waals surface area contributed by atoms with Crippen LogP contribution in [0.25, 0.3) is 67.0 Å². The molecule has 6 unspecified atom stereocenters. The van der Waals surface area contributed by atoms with Gasteiger partial charge in [0.05, 0.1) is 77.6 Å². The maximum Gasteiger partial charge on any atom is 0.386 e. The van der Waals surface area contributed by atoms with Gasteiger partial charge in [-0.2, -0.15) is 15.0 Å². The summed E-state index contributed by atoms with van der Waals surface area (Å²) >= 11 is 29.7. The van der Waals surface area contributed by atoms with Crippen LogP contribution in [0.15, 0.2) is 71.3 Å². The number of anilines is 6. The lowest BCUT2D eigenvalue weighted by Crippen LogP contribution is -2.34. The number of aromatic amines is 3. The SMILES string of the molecule is Nc1nc2c(ncn2[C@@H]2O[C@@H]3COP(O)(=S)O[C@H]4[C@H](F)[C@H](n5cnc6c(N)ncnc65)O[C@@H]4COP(=O)(S)O[C@@H]2[C@@H]3F)c(=O)[nH]1.Nc1nc2c(ncn2[C@@H]2O[C@@H]3COP(O)(=S)O[C@H]4[C@H](F)[C@H](n5cnc6c(N)ncnc65)O[C@@H]4COP(O)(=S)O[C@@H]2[C@@H]3F)c(=O)[nH]1.Nc1nc2c(ncn2[C@@H]2O[C@@H]3COP(O)(=S)O[C@H]4[C@H](F)[C@H](n5cnc6c(N)ncnc65)O[C@@H]4COP(O)(=S)O[C@@H]2[C@@H]3F)c(=O)[nH]1. The second kappa shape index (κ2) is 36.6. The Morgan fingerprint density at radius 3 is 0.830 bits per heavy atom. The van der Waals surface area contributed by atoms with E-state index in [1.165, 1.54) is 32.7 Å². The summed E-state index contributed by atoms with van der Waals surface area (Å²) in [6.45, 7) is -30.3. The molecule has 0 saturated carbocycles. The van der Waals surface area contributed by atoms with Crippen molar-refractivity contribution in [2.24, 2.45) is 0 Å². The molecule has 21 heterocycles. The van der Waals surface area contributed by atoms with Gasteiger partial charge in [-0.3, -0.25) is 88.4 Å². The minimum atomic E-state index is -4.49. The number of nitrogen functional groups attached to an aromatic ring is 6. The summed E-state index contributed by atoms with van der Waals surface area (Å²) < 4.78 is 217. The molecule has 12 aromatic rings. The van der Waals surface area contributed by atoms with Gasteiger partial charge < -0.3 is 110 Å². The number of nitrogens with two attached hydrogens (primary N) is 6. The molecule has 9 saturated heterocycles. The molecule has 6 bridgehead atoms. The maximum absolute atomic E-state index is 16.0. The number of halogens is 6. The van der Waals surface area contributed by atoms with Crippen LogP contribution in [0.1, 0.15) is 37.4 Å². The normalized spacial score (nSPS) is 37.7. The fourth-order valence-corrected chi connectivity index (χ4v) is 24.3. The number of rotatable bonds is 6. The highest BCUT2D eigenvalue weighted by molar-refractivity contribution is 8.44. The van der Waals surface area contributed by atoms with E-state index in [1.807, 2.05) is 0 Å². The van der Waals surface area contributed by atoms with Crippen LogP contribution in [0.5, 0.6) is 0 Å². The Kier molecular flexibility index (Phi) is 26.0. The van der Waals surface area contributed by atoms with E-state index in [0.717, 1.165) is 51.7 Å². The van der Waals surface area contributed by atoms with Crippen molar-refractivity contribution in [1.29, 1.82) is 0 Å². The maximum atomic E-state index is 16.0. The Morgan fingerprint density at radius 1 is 0.319 bits per heavy atom. The molecule has 0 aromatic carbocycles. The van der Waals surface area contributed by atoms with E-state index in [9.17, 15) is 43.4 Å². The van der Waals surface area contributed by atoms with Gasteiger partial charge in [0.15, 0.2) is 142 Å². The van der Waals surface area contributed by atoms with Crippen molar-refractivity contribution < 1.29 is 138 Å². The number of nitrogens with one attached hydrogen (secondary N) is 3. The molecule has 135 heavy (non-hydrogen) atoms. The molecule has 0 spiro atoms. The number of hydrogen-bond acceptors (Lipinski definition) is 48. The largest absolute Gasteiger partial charge is 0.386 e. The van der Waals surface area contributed by atoms with Gasteiger partial charge in [-0.25, -0.2) is 90.7 Å². The summed E-state index contributed by atoms with van der Waals surface area (Å²) in [4.78, 5) is 159. The van der Waals surface area contributed by atoms with Crippen molar-refractivity contribution >= 4 is 214 Å². The Balaban J connectivity index is 0.000000130. The van der Waals surface area contributed by atoms with E-state index in [2.05, 4.69) is 102 Å². The van der Waals surface area contributed by atoms with Crippen molar-refractivity contribution in [2.75, 3.05) is 74.0 Å². The van der Waals surface area contributed by atoms with E-state index >= 15 is 26.3 Å². The number of nitrogens with zero attached hydrogens (tertiary/aromatic N) is 21. The second-order valence-electron chi connectivity index (χ2n) is 30.1. The van der Waals surface area contributed by atoms with Crippen LogP contribution in [0.3, 0.4) is 0 Å². The standard InChI is InChI=1S/3C20H22F2N10O9P2S2/c3*21-8-6-1-36-42(34,44)40-12-7(39-18(9(12)22)31-4-27-10-14(23)25-3-26-15(10)31)2-37-43(35,45)41-13(8)19(38-6)32-5-28-11-16(32)29-20(24)30-17(11)33/h3*3-9,12-13,18-19H,1-2H2,(H,34,44)(H,35,45)(H2,23,25,26)(H3,24,29,30,33)/t3*6-,7-,8-,9+,12-,13-,18-,19-,42?,43?/m111/s1. The molecule has 57 nitrogen and oxygen atoms in total. The van der Waals surface area contributed by atoms with Gasteiger partial charge in [-0.15, -0.1) is 0 Å². The van der Waals surface area contributed by atoms with Crippen molar-refractivity contribution in [3.05, 3.63) is 88.0 Å². The molecule has 9 aliphatic heterocycles. The summed E-state index contributed by atoms with van der Waals surface area (Å²) in [5, 5.41) is 0. The lowest BCUT2D eigenvalue weighted by Gasteiger charge is -2.27. The smallest absolute Gasteiger partial charge is 0.382 e. The van der Waals surface area contributed by atoms with Crippen LogP contribution in [0, 0.1) is 0 Å². The van der Waals surface area contributed by atoms with Crippen molar-refractivity contribution in [3.8, 4) is 0 Å². The van der Waals surface area contributed by atoms with Crippen LogP contribution < -0.4 is 51.1 Å². The number of aromatic nitrogens is 24. The number of thiol groups is 1. The Hall–Kier alpha value is -8.01. The van der Waals surface area contributed by atoms with Crippen LogP contribution in [0.2, 0.25) is 0 Å². The summed E-state index contributed by atoms with van der Waals surface area (Å²) in [6.07, 6.45) is -29.1. The Bertz CT molecular complexity index is 6510. The van der Waals surface area contributed by atoms with Gasteiger partial charge in [-0.1, -0.05) is 12.2 Å². The minimum Gasteiger partial charge on any atom is -0.382 e. The molecule has 0 aliphatic carbocycles. The Morgan fingerprint density at radius 2 is 0.548 bits per heavy atom. The van der Waals surface area contributed by atoms with Gasteiger partial charge in [0.1, 0.15) is 109 Å². The van der Waals surface area contributed by atoms with Gasteiger partial charge in [0.25, 0.3) is 16.7 Å². The summed E-state index contributed by atoms with van der Waals surface area (Å²) in [5.74, 6) is -0.650. The predicted octanol–water partition coefficient (Wildman–Crippen LogP) is 0.358. The van der Waals surface area contributed by atoms with Gasteiger partial charge in [0.2, 0.25) is 17.8 Å². The van der Waals surface area contributed by atoms with Crippen LogP contribution >= 0.6 is 52.6 Å². The topological polar surface area (TPSA) is 762 Å². The van der Waals surface area contributed by atoms with E-state index < -0.39 is 244 Å². The molecule has 9 aliphatic rings. The van der Waals surface area contributed by atoms with Crippen molar-refractivity contribution in [1.82, 2.24) is 117 Å². The fourth-order valence-electron chi connectivity index (χ4n) is 15.7. The minimum absolute atomic E-state index is 0.0396. The molecule has 21 rings (SSSR count). The first-order chi connectivity index (χ1) is 63.9. The third-order valence-electron chi connectivity index (χ3n) is 21.7. The molecule has 0 amide bonds. The number of imidazole rings is 6. The lowest BCUT2D eigenvalue weighted by molar-refractivity contribution is -0.0599. The highest BCUT2D eigenvalue weighted by Crippen LogP contribution is 2.62. The second-order valence-corrected chi connectivity index (χ2v) is 47.0. The fraction of sp³-hybridized carbons (Fsp3) is 0.500. The zero-order valence-corrected chi connectivity index (χ0v) is 77.2. The highest BCUT2D eigenvalue weighted by atomic mass is 32.7. The molecule has 9 fully saturated rings. The molecule has 0 radical (unpaired) electrons. The quantitative estimate of drug-likeness (QED) is 0.0607. The van der Waals surface area contributed by atoms with Crippen LogP contribution in [-0.4, -0.2) is 292 Å². The van der Waals surface area contributed by atoms with Gasteiger partial charge in [-0.05, 0) is 59.0 Å². The van der Waals surface area contributed by atoms with E-state index in [4.69, 9.17) is 176 Å². The first-order valence-corrected chi connectivity index (χ1v) is 54.3. The molecule has 30 atom stereocenters. The third-order valence-corrected chi connectivity index (χ3v) is 31.1. The molecule has 75 heteroatoms. The number of alkyl halides is 6. The lowest BCUT2D eigenvalue weighted by atomic mass is 10.1. The summed E-state index contributed by atoms with van der Waals surface area (Å²) in [5.41, 5.74) is 32.7. The number of ether oxygens (including phenoxy) is 6. The third kappa shape index (κ3) is 18.7. The zero-order valence-electron chi connectivity index (χ0n) is 66.8. The zero-order chi connectivity index (χ0) is 95.5. The van der Waals surface area contributed by atoms with Crippen LogP contribution in [0.4, 0.5) is 61.6 Å². The molecular weight excluding hydrogens is 2070 g/mol. The van der Waals surface area contributed by atoms with Crippen molar-refractivity contribution in [3.63, 3.8) is 0 Å². The predicted molar refractivity (Wildman–Crippen MR) is 464 cm³/mol. The van der Waals surface area contributed by atoms with E-state index in [1.54, 1.807) is 0 Å². The van der Waals surface area contributed by atoms with Gasteiger partial charge >= 0.3 is 40.4 Å². The summed E-state index contributed by atoms with van der Waals surface area (Å²) in [7, 11) is 0. The average molecular weight is 2130 g/mol. The van der Waals surface area contributed by atoms with Crippen LogP contribution in [-0.2, 0) is 146 Å². The first kappa shape index (κ1) is 95.9. The van der Waals surface area contributed by atoms with E-state index in [0.29, 0.717) is 0 Å². The monoisotopic (exact) mass is 2130 g/mol. The average Bonchev–Trinajstić information content (AvgIpc) is 1.63. The molecular formula is C60H66F6N30O27P6S6. The number of hydrogen-bond donors (Lipinski definition) is 15. The number of fused-ring (bicyclic) bond motifs is 15. The molecule has 726 valence electrons. The highest BCUT2D eigenvalue weighted by Gasteiger charge is 2.59. The van der Waals surface area contributed by atoms with Crippen molar-refractivity contribution in [2.45, 2.75) is 148 Å². The van der Waals surface area contributed by atoms with E-state index in [-0.39, 0.29) is 102 Å².